The summed E-state index contributed by atoms with van der Waals surface area (Å²) in [4.78, 5) is 0. The molecule has 0 aromatic rings. The van der Waals surface area contributed by atoms with Gasteiger partial charge in [-0.3, -0.25) is 0 Å². The van der Waals surface area contributed by atoms with Gasteiger partial charge in [0.25, 0.3) is 0 Å². The van der Waals surface area contributed by atoms with Gasteiger partial charge in [-0.25, -0.2) is 4.39 Å². The molecule has 0 rings (SSSR count). The predicted octanol–water partition coefficient (Wildman–Crippen LogP) is 3.46. The van der Waals surface area contributed by atoms with E-state index in [-0.39, 0.29) is 11.2 Å². The zero-order valence-electron chi connectivity index (χ0n) is 7.16. The summed E-state index contributed by atoms with van der Waals surface area (Å²) in [5.41, 5.74) is 0.563. The summed E-state index contributed by atoms with van der Waals surface area (Å²) in [6.07, 6.45) is 1.77. The van der Waals surface area contributed by atoms with Crippen LogP contribution in [-0.2, 0) is 0 Å². The Bertz CT molecular complexity index is 158. The summed E-state index contributed by atoms with van der Waals surface area (Å²) in [7, 11) is 0. The fourth-order valence-corrected chi connectivity index (χ4v) is 0.997. The second kappa shape index (κ2) is 3.00. The summed E-state index contributed by atoms with van der Waals surface area (Å²) in [6.45, 7) is 11.0. The molecule has 0 saturated carbocycles. The molecule has 0 atom stereocenters. The lowest BCUT2D eigenvalue weighted by atomic mass is 9.86. The summed E-state index contributed by atoms with van der Waals surface area (Å²) >= 11 is 0. The van der Waals surface area contributed by atoms with Crippen LogP contribution in [0, 0.1) is 5.41 Å². The largest absolute Gasteiger partial charge is 0.207 e. The molecule has 0 fully saturated rings. The zero-order chi connectivity index (χ0) is 8.36. The van der Waals surface area contributed by atoms with Crippen LogP contribution in [0.1, 0.15) is 27.7 Å². The van der Waals surface area contributed by atoms with Crippen molar-refractivity contribution in [2.75, 3.05) is 0 Å². The topological polar surface area (TPSA) is 0 Å². The van der Waals surface area contributed by atoms with Crippen LogP contribution in [0.15, 0.2) is 24.1 Å². The smallest absolute Gasteiger partial charge is 0.119 e. The van der Waals surface area contributed by atoms with Crippen LogP contribution in [-0.4, -0.2) is 0 Å². The van der Waals surface area contributed by atoms with Crippen molar-refractivity contribution in [3.8, 4) is 0 Å². The lowest BCUT2D eigenvalue weighted by molar-refractivity contribution is 0.475. The molecule has 0 amide bonds. The standard InChI is InChI=1S/C9H15F/c1-6-8(7(2)10)9(3,4)5/h6H,2H2,1,3-5H3/b8-6+. The summed E-state index contributed by atoms with van der Waals surface area (Å²) in [6, 6.07) is 0. The highest BCUT2D eigenvalue weighted by molar-refractivity contribution is 5.27. The number of allylic oxidation sites excluding steroid dienone is 3. The minimum Gasteiger partial charge on any atom is -0.207 e. The molecular weight excluding hydrogens is 127 g/mol. The van der Waals surface area contributed by atoms with E-state index >= 15 is 0 Å². The maximum atomic E-state index is 12.6. The molecule has 0 nitrogen and oxygen atoms in total. The molecule has 0 aliphatic carbocycles. The molecule has 0 spiro atoms. The van der Waals surface area contributed by atoms with Crippen molar-refractivity contribution in [2.45, 2.75) is 27.7 Å². The number of hydrogen-bond donors (Lipinski definition) is 0. The zero-order valence-corrected chi connectivity index (χ0v) is 7.16. The van der Waals surface area contributed by atoms with E-state index in [2.05, 4.69) is 6.58 Å². The third kappa shape index (κ3) is 2.34. The number of halogens is 1. The molecular formula is C9H15F. The molecule has 1 heteroatoms. The van der Waals surface area contributed by atoms with E-state index in [0.717, 1.165) is 0 Å². The lowest BCUT2D eigenvalue weighted by Gasteiger charge is -2.20. The Hall–Kier alpha value is -0.590. The molecule has 10 heavy (non-hydrogen) atoms. The Morgan fingerprint density at radius 1 is 1.40 bits per heavy atom. The van der Waals surface area contributed by atoms with E-state index in [0.29, 0.717) is 5.57 Å². The minimum absolute atomic E-state index is 0.124. The third-order valence-electron chi connectivity index (χ3n) is 1.39. The molecule has 0 saturated heterocycles. The Kier molecular flexibility index (Phi) is 2.82. The molecule has 0 aromatic carbocycles. The van der Waals surface area contributed by atoms with Crippen molar-refractivity contribution in [2.24, 2.45) is 5.41 Å². The Morgan fingerprint density at radius 3 is 1.80 bits per heavy atom. The first-order chi connectivity index (χ1) is 4.39. The van der Waals surface area contributed by atoms with Crippen LogP contribution in [0.25, 0.3) is 0 Å². The van der Waals surface area contributed by atoms with E-state index < -0.39 is 0 Å². The Balaban J connectivity index is 4.56. The quantitative estimate of drug-likeness (QED) is 0.492. The Morgan fingerprint density at radius 2 is 1.80 bits per heavy atom. The Labute approximate surface area is 62.4 Å². The van der Waals surface area contributed by atoms with E-state index in [1.165, 1.54) is 0 Å². The first-order valence-corrected chi connectivity index (χ1v) is 3.41. The van der Waals surface area contributed by atoms with Crippen molar-refractivity contribution in [1.29, 1.82) is 0 Å². The van der Waals surface area contributed by atoms with Gasteiger partial charge in [-0.1, -0.05) is 33.4 Å². The molecule has 0 unspecified atom stereocenters. The summed E-state index contributed by atoms with van der Waals surface area (Å²) in [5, 5.41) is 0. The number of hydrogen-bond acceptors (Lipinski definition) is 0. The first-order valence-electron chi connectivity index (χ1n) is 3.41. The molecule has 0 aliphatic rings. The van der Waals surface area contributed by atoms with Crippen LogP contribution < -0.4 is 0 Å². The van der Waals surface area contributed by atoms with Crippen molar-refractivity contribution < 1.29 is 4.39 Å². The summed E-state index contributed by atoms with van der Waals surface area (Å²) < 4.78 is 12.6. The van der Waals surface area contributed by atoms with Gasteiger partial charge in [-0.15, -0.1) is 0 Å². The highest BCUT2D eigenvalue weighted by Gasteiger charge is 2.18. The maximum absolute atomic E-state index is 12.6. The monoisotopic (exact) mass is 142 g/mol. The van der Waals surface area contributed by atoms with Crippen LogP contribution in [0.5, 0.6) is 0 Å². The lowest BCUT2D eigenvalue weighted by Crippen LogP contribution is -2.09. The van der Waals surface area contributed by atoms with E-state index in [1.807, 2.05) is 27.7 Å². The van der Waals surface area contributed by atoms with Gasteiger partial charge in [0.1, 0.15) is 5.83 Å². The van der Waals surface area contributed by atoms with Gasteiger partial charge < -0.3 is 0 Å². The highest BCUT2D eigenvalue weighted by Crippen LogP contribution is 2.30. The normalized spacial score (nSPS) is 13.5. The molecule has 58 valence electrons. The van der Waals surface area contributed by atoms with E-state index in [9.17, 15) is 4.39 Å². The molecule has 0 aliphatic heterocycles. The second-order valence-corrected chi connectivity index (χ2v) is 3.36. The van der Waals surface area contributed by atoms with Gasteiger partial charge in [0.15, 0.2) is 0 Å². The van der Waals surface area contributed by atoms with Crippen LogP contribution >= 0.6 is 0 Å². The van der Waals surface area contributed by atoms with Crippen molar-refractivity contribution in [1.82, 2.24) is 0 Å². The second-order valence-electron chi connectivity index (χ2n) is 3.36. The maximum Gasteiger partial charge on any atom is 0.119 e. The van der Waals surface area contributed by atoms with Crippen LogP contribution in [0.2, 0.25) is 0 Å². The van der Waals surface area contributed by atoms with Gasteiger partial charge in [-0.05, 0) is 17.9 Å². The van der Waals surface area contributed by atoms with Crippen molar-refractivity contribution in [3.63, 3.8) is 0 Å². The van der Waals surface area contributed by atoms with Crippen molar-refractivity contribution in [3.05, 3.63) is 24.1 Å². The van der Waals surface area contributed by atoms with Gasteiger partial charge in [0.05, 0.1) is 0 Å². The fraction of sp³-hybridized carbons (Fsp3) is 0.556. The highest BCUT2D eigenvalue weighted by atomic mass is 19.1. The summed E-state index contributed by atoms with van der Waals surface area (Å²) in [5.74, 6) is -0.324. The van der Waals surface area contributed by atoms with Gasteiger partial charge in [0, 0.05) is 0 Å². The number of rotatable bonds is 1. The SMILES string of the molecule is C=C(F)/C(=C\C)C(C)(C)C. The van der Waals surface area contributed by atoms with Crippen LogP contribution in [0.4, 0.5) is 4.39 Å². The molecule has 0 N–H and O–H groups in total. The van der Waals surface area contributed by atoms with Crippen LogP contribution in [0.3, 0.4) is 0 Å². The average Bonchev–Trinajstić information content (AvgIpc) is 1.60. The average molecular weight is 142 g/mol. The first kappa shape index (κ1) is 9.41. The fourth-order valence-electron chi connectivity index (χ4n) is 0.997. The van der Waals surface area contributed by atoms with Crippen molar-refractivity contribution >= 4 is 0 Å². The predicted molar refractivity (Wildman–Crippen MR) is 43.5 cm³/mol. The molecule has 0 radical (unpaired) electrons. The minimum atomic E-state index is -0.324. The van der Waals surface area contributed by atoms with E-state index in [4.69, 9.17) is 0 Å². The molecule has 0 heterocycles. The third-order valence-corrected chi connectivity index (χ3v) is 1.39. The molecule has 0 bridgehead atoms. The molecule has 0 aromatic heterocycles. The van der Waals surface area contributed by atoms with Gasteiger partial charge in [-0.2, -0.15) is 0 Å². The van der Waals surface area contributed by atoms with Gasteiger partial charge in [0.2, 0.25) is 0 Å². The van der Waals surface area contributed by atoms with Gasteiger partial charge >= 0.3 is 0 Å². The van der Waals surface area contributed by atoms with E-state index in [1.54, 1.807) is 6.08 Å².